The van der Waals surface area contributed by atoms with E-state index in [4.69, 9.17) is 5.73 Å². The van der Waals surface area contributed by atoms with E-state index in [9.17, 15) is 8.78 Å². The highest BCUT2D eigenvalue weighted by Gasteiger charge is 2.22. The molecule has 0 aliphatic carbocycles. The average Bonchev–Trinajstić information content (AvgIpc) is 3.07. The molecule has 6 heteroatoms. The summed E-state index contributed by atoms with van der Waals surface area (Å²) in [7, 11) is 1.68. The third kappa shape index (κ3) is 5.50. The number of benzene rings is 1. The van der Waals surface area contributed by atoms with Gasteiger partial charge in [-0.15, -0.1) is 0 Å². The van der Waals surface area contributed by atoms with E-state index in [1.165, 1.54) is 12.1 Å². The zero-order chi connectivity index (χ0) is 20.0. The summed E-state index contributed by atoms with van der Waals surface area (Å²) in [5.74, 6) is -0.793. The van der Waals surface area contributed by atoms with Gasteiger partial charge in [-0.05, 0) is 55.5 Å². The number of nitrogens with one attached hydrogen (secondary N) is 1. The quantitative estimate of drug-likeness (QED) is 0.565. The van der Waals surface area contributed by atoms with Crippen molar-refractivity contribution < 1.29 is 8.78 Å². The number of nitrogens with zero attached hydrogens (tertiary/aromatic N) is 2. The molecule has 2 rings (SSSR count). The first-order chi connectivity index (χ1) is 12.8. The number of allylic oxidation sites excluding steroid dienone is 3. The van der Waals surface area contributed by atoms with Gasteiger partial charge in [0.15, 0.2) is 0 Å². The number of hydrogen-bond donors (Lipinski definition) is 2. The lowest BCUT2D eigenvalue weighted by atomic mass is 10.0. The average molecular weight is 374 g/mol. The first-order valence-corrected chi connectivity index (χ1v) is 9.03. The Bertz CT molecular complexity index is 781. The smallest absolute Gasteiger partial charge is 0.147 e. The molecule has 27 heavy (non-hydrogen) atoms. The fourth-order valence-electron chi connectivity index (χ4n) is 2.99. The number of hydrogen-bond acceptors (Lipinski definition) is 4. The van der Waals surface area contributed by atoms with Gasteiger partial charge in [0.2, 0.25) is 0 Å². The topological polar surface area (TPSA) is 53.6 Å². The second kappa shape index (κ2) is 9.46. The first kappa shape index (κ1) is 20.8. The van der Waals surface area contributed by atoms with Crippen LogP contribution in [-0.4, -0.2) is 32.5 Å². The predicted octanol–water partition coefficient (Wildman–Crippen LogP) is 3.70. The van der Waals surface area contributed by atoms with Crippen molar-refractivity contribution in [2.24, 2.45) is 10.7 Å². The van der Waals surface area contributed by atoms with E-state index in [-0.39, 0.29) is 6.04 Å². The number of aryl methyl sites for hydroxylation is 1. The summed E-state index contributed by atoms with van der Waals surface area (Å²) in [4.78, 5) is 5.66. The van der Waals surface area contributed by atoms with Crippen molar-refractivity contribution in [2.45, 2.75) is 32.7 Å². The molecule has 4 nitrogen and oxygen atoms in total. The lowest BCUT2D eigenvalue weighted by molar-refractivity contribution is 0.581. The Kier molecular flexibility index (Phi) is 7.30. The largest absolute Gasteiger partial charge is 0.398 e. The van der Waals surface area contributed by atoms with Crippen LogP contribution < -0.4 is 16.0 Å². The minimum atomic E-state index is -0.400. The second-order valence-corrected chi connectivity index (χ2v) is 6.87. The number of halogens is 2. The molecule has 0 spiro atoms. The van der Waals surface area contributed by atoms with Crippen LogP contribution in [0.2, 0.25) is 0 Å². The molecule has 1 aromatic rings. The van der Waals surface area contributed by atoms with Crippen LogP contribution in [0, 0.1) is 11.6 Å². The van der Waals surface area contributed by atoms with Crippen molar-refractivity contribution >= 4 is 11.9 Å². The van der Waals surface area contributed by atoms with Crippen molar-refractivity contribution in [3.05, 3.63) is 64.9 Å². The van der Waals surface area contributed by atoms with Crippen molar-refractivity contribution in [2.75, 3.05) is 25.2 Å². The molecule has 1 aliphatic rings. The SMILES string of the molecule is C=C(/C=C\C=N/C)/C(N)=C(\C)CCc1cc(F)c(N2CNC(C)C2)cc1F. The summed E-state index contributed by atoms with van der Waals surface area (Å²) in [6.45, 7) is 8.99. The van der Waals surface area contributed by atoms with Crippen LogP contribution in [-0.2, 0) is 6.42 Å². The molecular formula is C21H28F2N4. The fourth-order valence-corrected chi connectivity index (χ4v) is 2.99. The van der Waals surface area contributed by atoms with E-state index in [0.717, 1.165) is 5.57 Å². The maximum Gasteiger partial charge on any atom is 0.147 e. The summed E-state index contributed by atoms with van der Waals surface area (Å²) >= 11 is 0. The summed E-state index contributed by atoms with van der Waals surface area (Å²) < 4.78 is 29.0. The molecule has 1 fully saturated rings. The molecule has 146 valence electrons. The summed E-state index contributed by atoms with van der Waals surface area (Å²) in [5, 5.41) is 3.21. The van der Waals surface area contributed by atoms with Gasteiger partial charge in [0.05, 0.1) is 12.4 Å². The van der Waals surface area contributed by atoms with Crippen molar-refractivity contribution in [3.8, 4) is 0 Å². The highest BCUT2D eigenvalue weighted by atomic mass is 19.1. The lowest BCUT2D eigenvalue weighted by Gasteiger charge is -2.19. The highest BCUT2D eigenvalue weighted by Crippen LogP contribution is 2.26. The van der Waals surface area contributed by atoms with Crippen molar-refractivity contribution in [3.63, 3.8) is 0 Å². The second-order valence-electron chi connectivity index (χ2n) is 6.87. The van der Waals surface area contributed by atoms with Gasteiger partial charge >= 0.3 is 0 Å². The molecule has 0 radical (unpaired) electrons. The molecule has 1 unspecified atom stereocenters. The molecule has 0 aromatic heterocycles. The molecule has 1 aromatic carbocycles. The standard InChI is InChI=1S/C21H28F2N4/c1-14(6-5-9-25-4)21(24)15(2)7-8-17-10-19(23)20(11-18(17)22)27-12-16(3)26-13-27/h5-6,9-11,16,26H,1,7-8,12-13,24H2,2-4H3/b6-5-,21-15-,25-9-. The van der Waals surface area contributed by atoms with Crippen LogP contribution >= 0.6 is 0 Å². The monoisotopic (exact) mass is 374 g/mol. The van der Waals surface area contributed by atoms with Gasteiger partial charge in [-0.1, -0.05) is 12.7 Å². The Balaban J connectivity index is 2.08. The molecule has 3 N–H and O–H groups in total. The Labute approximate surface area is 160 Å². The van der Waals surface area contributed by atoms with E-state index < -0.39 is 11.6 Å². The molecule has 0 bridgehead atoms. The zero-order valence-corrected chi connectivity index (χ0v) is 16.2. The number of rotatable bonds is 7. The predicted molar refractivity (Wildman–Crippen MR) is 109 cm³/mol. The van der Waals surface area contributed by atoms with E-state index in [1.54, 1.807) is 25.4 Å². The molecule has 0 saturated carbocycles. The summed E-state index contributed by atoms with van der Waals surface area (Å²) in [6, 6.07) is 2.84. The zero-order valence-electron chi connectivity index (χ0n) is 16.2. The number of nitrogens with two attached hydrogens (primary N) is 1. The van der Waals surface area contributed by atoms with Gasteiger partial charge in [-0.25, -0.2) is 8.78 Å². The molecule has 1 aliphatic heterocycles. The minimum absolute atomic E-state index is 0.258. The molecule has 1 heterocycles. The fraction of sp³-hybridized carbons (Fsp3) is 0.381. The van der Waals surface area contributed by atoms with Crippen LogP contribution in [0.25, 0.3) is 0 Å². The Morgan fingerprint density at radius 1 is 1.41 bits per heavy atom. The Morgan fingerprint density at radius 2 is 2.15 bits per heavy atom. The van der Waals surface area contributed by atoms with Gasteiger partial charge in [0.1, 0.15) is 11.6 Å². The van der Waals surface area contributed by atoms with E-state index in [1.807, 2.05) is 18.7 Å². The first-order valence-electron chi connectivity index (χ1n) is 9.03. The Hall–Kier alpha value is -2.47. The highest BCUT2D eigenvalue weighted by molar-refractivity contribution is 5.72. The van der Waals surface area contributed by atoms with Crippen LogP contribution in [0.5, 0.6) is 0 Å². The Morgan fingerprint density at radius 3 is 2.78 bits per heavy atom. The van der Waals surface area contributed by atoms with Crippen LogP contribution in [0.4, 0.5) is 14.5 Å². The maximum atomic E-state index is 14.5. The van der Waals surface area contributed by atoms with Crippen molar-refractivity contribution in [1.29, 1.82) is 0 Å². The van der Waals surface area contributed by atoms with E-state index in [2.05, 4.69) is 16.9 Å². The van der Waals surface area contributed by atoms with Crippen LogP contribution in [0.1, 0.15) is 25.8 Å². The minimum Gasteiger partial charge on any atom is -0.398 e. The normalized spacial score (nSPS) is 18.6. The van der Waals surface area contributed by atoms with Gasteiger partial charge in [0.25, 0.3) is 0 Å². The third-order valence-electron chi connectivity index (χ3n) is 4.69. The van der Waals surface area contributed by atoms with Gasteiger partial charge < -0.3 is 10.6 Å². The number of aliphatic imine (C=N–C) groups is 1. The third-order valence-corrected chi connectivity index (χ3v) is 4.69. The maximum absolute atomic E-state index is 14.5. The summed E-state index contributed by atoms with van der Waals surface area (Å²) in [5.41, 5.74) is 8.87. The van der Waals surface area contributed by atoms with Crippen molar-refractivity contribution in [1.82, 2.24) is 5.32 Å². The lowest BCUT2D eigenvalue weighted by Crippen LogP contribution is -2.22. The van der Waals surface area contributed by atoms with E-state index >= 15 is 0 Å². The molecule has 1 atom stereocenters. The molecular weight excluding hydrogens is 346 g/mol. The molecule has 0 amide bonds. The van der Waals surface area contributed by atoms with Crippen LogP contribution in [0.3, 0.4) is 0 Å². The van der Waals surface area contributed by atoms with E-state index in [0.29, 0.717) is 48.6 Å². The van der Waals surface area contributed by atoms with Gasteiger partial charge in [-0.2, -0.15) is 0 Å². The van der Waals surface area contributed by atoms with Gasteiger partial charge in [0, 0.05) is 37.6 Å². The van der Waals surface area contributed by atoms with Crippen LogP contribution in [0.15, 0.2) is 52.7 Å². The number of anilines is 1. The molecule has 1 saturated heterocycles. The van der Waals surface area contributed by atoms with Gasteiger partial charge in [-0.3, -0.25) is 10.3 Å². The summed E-state index contributed by atoms with van der Waals surface area (Å²) in [6.07, 6.45) is 6.07.